The standard InChI is InChI=1S/C8H16N2O3S/c1-2-9-14(12,13)10-6-4-3-5-8(10)7-11/h7-9H,2-6H2,1H3. The van der Waals surface area contributed by atoms with E-state index in [0.29, 0.717) is 25.8 Å². The highest BCUT2D eigenvalue weighted by molar-refractivity contribution is 7.87. The van der Waals surface area contributed by atoms with Crippen LogP contribution in [0.15, 0.2) is 0 Å². The number of aldehydes is 1. The smallest absolute Gasteiger partial charge is 0.280 e. The van der Waals surface area contributed by atoms with Crippen molar-refractivity contribution in [2.45, 2.75) is 32.2 Å². The number of hydrogen-bond donors (Lipinski definition) is 1. The Kier molecular flexibility index (Phi) is 4.03. The summed E-state index contributed by atoms with van der Waals surface area (Å²) in [6.45, 7) is 2.51. The second-order valence-electron chi connectivity index (χ2n) is 3.31. The van der Waals surface area contributed by atoms with Crippen molar-refractivity contribution in [3.8, 4) is 0 Å². The molecule has 0 radical (unpaired) electrons. The Labute approximate surface area is 84.7 Å². The van der Waals surface area contributed by atoms with Gasteiger partial charge in [-0.05, 0) is 12.8 Å². The number of nitrogens with zero attached hydrogens (tertiary/aromatic N) is 1. The van der Waals surface area contributed by atoms with E-state index in [1.54, 1.807) is 6.92 Å². The average molecular weight is 220 g/mol. The van der Waals surface area contributed by atoms with Gasteiger partial charge < -0.3 is 4.79 Å². The highest BCUT2D eigenvalue weighted by Crippen LogP contribution is 2.17. The molecule has 82 valence electrons. The van der Waals surface area contributed by atoms with Crippen molar-refractivity contribution in [2.75, 3.05) is 13.1 Å². The van der Waals surface area contributed by atoms with Gasteiger partial charge in [-0.3, -0.25) is 0 Å². The van der Waals surface area contributed by atoms with Crippen LogP contribution >= 0.6 is 0 Å². The number of piperidine rings is 1. The van der Waals surface area contributed by atoms with Crippen LogP contribution in [0.5, 0.6) is 0 Å². The molecule has 1 saturated heterocycles. The van der Waals surface area contributed by atoms with Crippen molar-refractivity contribution in [2.24, 2.45) is 0 Å². The van der Waals surface area contributed by atoms with Gasteiger partial charge in [-0.25, -0.2) is 4.72 Å². The van der Waals surface area contributed by atoms with Gasteiger partial charge in [-0.15, -0.1) is 0 Å². The zero-order chi connectivity index (χ0) is 10.6. The molecule has 0 amide bonds. The summed E-state index contributed by atoms with van der Waals surface area (Å²) in [7, 11) is -3.44. The predicted octanol–water partition coefficient (Wildman–Crippen LogP) is -0.106. The lowest BCUT2D eigenvalue weighted by Gasteiger charge is -2.30. The lowest BCUT2D eigenvalue weighted by Crippen LogP contribution is -2.49. The van der Waals surface area contributed by atoms with Crippen molar-refractivity contribution in [1.82, 2.24) is 9.03 Å². The van der Waals surface area contributed by atoms with E-state index in [1.807, 2.05) is 0 Å². The third-order valence-corrected chi connectivity index (χ3v) is 4.02. The molecule has 14 heavy (non-hydrogen) atoms. The molecule has 6 heteroatoms. The molecule has 1 fully saturated rings. The van der Waals surface area contributed by atoms with E-state index < -0.39 is 16.3 Å². The van der Waals surface area contributed by atoms with Crippen molar-refractivity contribution in [3.05, 3.63) is 0 Å². The number of carbonyl (C=O) groups excluding carboxylic acids is 1. The lowest BCUT2D eigenvalue weighted by atomic mass is 10.1. The zero-order valence-corrected chi connectivity index (χ0v) is 9.09. The molecular weight excluding hydrogens is 204 g/mol. The van der Waals surface area contributed by atoms with Gasteiger partial charge in [0.25, 0.3) is 10.2 Å². The van der Waals surface area contributed by atoms with E-state index in [0.717, 1.165) is 12.8 Å². The molecule has 1 heterocycles. The monoisotopic (exact) mass is 220 g/mol. The SMILES string of the molecule is CCNS(=O)(=O)N1CCCCC1C=O. The summed E-state index contributed by atoms with van der Waals surface area (Å²) in [6, 6.07) is -0.479. The zero-order valence-electron chi connectivity index (χ0n) is 8.27. The molecule has 0 aromatic carbocycles. The number of rotatable bonds is 4. The quantitative estimate of drug-likeness (QED) is 0.672. The second-order valence-corrected chi connectivity index (χ2v) is 5.02. The molecule has 1 unspecified atom stereocenters. The summed E-state index contributed by atoms with van der Waals surface area (Å²) >= 11 is 0. The Morgan fingerprint density at radius 3 is 2.79 bits per heavy atom. The minimum atomic E-state index is -3.44. The second kappa shape index (κ2) is 4.86. The van der Waals surface area contributed by atoms with Gasteiger partial charge in [0.15, 0.2) is 0 Å². The van der Waals surface area contributed by atoms with Crippen LogP contribution in [0.25, 0.3) is 0 Å². The molecule has 1 aliphatic rings. The van der Waals surface area contributed by atoms with Gasteiger partial charge in [0, 0.05) is 13.1 Å². The van der Waals surface area contributed by atoms with E-state index in [9.17, 15) is 13.2 Å². The fraction of sp³-hybridized carbons (Fsp3) is 0.875. The number of hydrogen-bond acceptors (Lipinski definition) is 3. The minimum absolute atomic E-state index is 0.352. The topological polar surface area (TPSA) is 66.5 Å². The van der Waals surface area contributed by atoms with E-state index in [4.69, 9.17) is 0 Å². The highest BCUT2D eigenvalue weighted by Gasteiger charge is 2.31. The van der Waals surface area contributed by atoms with E-state index >= 15 is 0 Å². The first kappa shape index (κ1) is 11.6. The van der Waals surface area contributed by atoms with Crippen LogP contribution in [0.4, 0.5) is 0 Å². The Morgan fingerprint density at radius 2 is 2.21 bits per heavy atom. The van der Waals surface area contributed by atoms with Gasteiger partial charge in [-0.1, -0.05) is 13.3 Å². The summed E-state index contributed by atoms with van der Waals surface area (Å²) in [6.07, 6.45) is 3.10. The van der Waals surface area contributed by atoms with E-state index in [1.165, 1.54) is 4.31 Å². The van der Waals surface area contributed by atoms with Crippen LogP contribution in [0.1, 0.15) is 26.2 Å². The molecule has 1 aliphatic heterocycles. The van der Waals surface area contributed by atoms with Crippen LogP contribution < -0.4 is 4.72 Å². The molecular formula is C8H16N2O3S. The van der Waals surface area contributed by atoms with Gasteiger partial charge in [0.05, 0.1) is 6.04 Å². The third kappa shape index (κ3) is 2.52. The molecule has 1 N–H and O–H groups in total. The highest BCUT2D eigenvalue weighted by atomic mass is 32.2. The van der Waals surface area contributed by atoms with Gasteiger partial charge >= 0.3 is 0 Å². The van der Waals surface area contributed by atoms with Crippen LogP contribution in [-0.4, -0.2) is 38.1 Å². The van der Waals surface area contributed by atoms with Crippen LogP contribution in [0, 0.1) is 0 Å². The van der Waals surface area contributed by atoms with Crippen molar-refractivity contribution in [3.63, 3.8) is 0 Å². The van der Waals surface area contributed by atoms with Crippen molar-refractivity contribution in [1.29, 1.82) is 0 Å². The molecule has 1 rings (SSSR count). The minimum Gasteiger partial charge on any atom is -0.302 e. The molecule has 5 nitrogen and oxygen atoms in total. The fourth-order valence-corrected chi connectivity index (χ4v) is 3.04. The van der Waals surface area contributed by atoms with Crippen molar-refractivity contribution < 1.29 is 13.2 Å². The van der Waals surface area contributed by atoms with Crippen LogP contribution in [0.2, 0.25) is 0 Å². The van der Waals surface area contributed by atoms with Gasteiger partial charge in [-0.2, -0.15) is 12.7 Å². The van der Waals surface area contributed by atoms with Crippen LogP contribution in [-0.2, 0) is 15.0 Å². The first-order chi connectivity index (χ1) is 6.61. The molecule has 1 atom stereocenters. The number of carbonyl (C=O) groups is 1. The van der Waals surface area contributed by atoms with Crippen molar-refractivity contribution >= 4 is 16.5 Å². The van der Waals surface area contributed by atoms with Gasteiger partial charge in [0.1, 0.15) is 6.29 Å². The fourth-order valence-electron chi connectivity index (χ4n) is 1.63. The summed E-state index contributed by atoms with van der Waals surface area (Å²) in [5, 5.41) is 0. The third-order valence-electron chi connectivity index (χ3n) is 2.29. The Hall–Kier alpha value is -0.460. The first-order valence-electron chi connectivity index (χ1n) is 4.83. The summed E-state index contributed by atoms with van der Waals surface area (Å²) in [5.41, 5.74) is 0. The maximum Gasteiger partial charge on any atom is 0.280 e. The van der Waals surface area contributed by atoms with E-state index in [-0.39, 0.29) is 0 Å². The Balaban J connectivity index is 2.77. The van der Waals surface area contributed by atoms with E-state index in [2.05, 4.69) is 4.72 Å². The Morgan fingerprint density at radius 1 is 1.50 bits per heavy atom. The molecule has 0 aromatic heterocycles. The normalized spacial score (nSPS) is 24.8. The van der Waals surface area contributed by atoms with Gasteiger partial charge in [0.2, 0.25) is 0 Å². The molecule has 0 saturated carbocycles. The molecule has 0 aliphatic carbocycles. The Bertz CT molecular complexity index is 289. The summed E-state index contributed by atoms with van der Waals surface area (Å²) < 4.78 is 26.9. The first-order valence-corrected chi connectivity index (χ1v) is 6.27. The molecule has 0 aromatic rings. The largest absolute Gasteiger partial charge is 0.302 e. The summed E-state index contributed by atoms with van der Waals surface area (Å²) in [4.78, 5) is 10.7. The summed E-state index contributed by atoms with van der Waals surface area (Å²) in [5.74, 6) is 0. The maximum atomic E-state index is 11.6. The molecule has 0 spiro atoms. The average Bonchev–Trinajstić information content (AvgIpc) is 2.18. The maximum absolute atomic E-state index is 11.6. The molecule has 0 bridgehead atoms. The lowest BCUT2D eigenvalue weighted by molar-refractivity contribution is -0.111. The van der Waals surface area contributed by atoms with Crippen LogP contribution in [0.3, 0.4) is 0 Å². The number of nitrogens with one attached hydrogen (secondary N) is 1. The predicted molar refractivity (Wildman–Crippen MR) is 53.0 cm³/mol.